The fraction of sp³-hybridized carbons (Fsp3) is 0.700. The molecule has 7 heteroatoms. The zero-order valence-electron chi connectivity index (χ0n) is 16.0. The molecule has 0 unspecified atom stereocenters. The topological polar surface area (TPSA) is 71.7 Å². The second-order valence-corrected chi connectivity index (χ2v) is 8.05. The van der Waals surface area contributed by atoms with Gasteiger partial charge in [0.15, 0.2) is 0 Å². The molecule has 3 aliphatic heterocycles. The number of hydrogen-bond donors (Lipinski definition) is 2. The molecule has 3 aliphatic rings. The van der Waals surface area contributed by atoms with Gasteiger partial charge in [0.1, 0.15) is 5.69 Å². The molecule has 1 aromatic rings. The first-order chi connectivity index (χ1) is 13.2. The van der Waals surface area contributed by atoms with Crippen molar-refractivity contribution in [3.63, 3.8) is 0 Å². The summed E-state index contributed by atoms with van der Waals surface area (Å²) in [7, 11) is 0. The summed E-state index contributed by atoms with van der Waals surface area (Å²) in [5.41, 5.74) is 0.613. The number of piperazine rings is 1. The second kappa shape index (κ2) is 8.33. The molecular weight excluding hydrogens is 342 g/mol. The molecule has 0 aliphatic carbocycles. The molecular formula is C20H31N5O2. The number of rotatable bonds is 3. The first-order valence-corrected chi connectivity index (χ1v) is 10.4. The highest BCUT2D eigenvalue weighted by Crippen LogP contribution is 2.30. The largest absolute Gasteiger partial charge is 0.357 e. The first kappa shape index (κ1) is 18.3. The molecule has 0 bridgehead atoms. The van der Waals surface area contributed by atoms with Gasteiger partial charge < -0.3 is 25.0 Å². The maximum atomic E-state index is 12.6. The molecule has 7 nitrogen and oxygen atoms in total. The van der Waals surface area contributed by atoms with Crippen LogP contribution in [0.2, 0.25) is 0 Å². The standard InChI is InChI=1S/C20H31N5O2/c26-19(17-6-3-8-21-17)24-11-13-25(14-12-24)20(27)22-15-16-5-4-10-23-9-2-1-7-18(16)23/h3,6,8,16,18,21H,1-2,4-5,7,9-15H2,(H,22,27)/t16-,18+/m0/s1. The number of aromatic amines is 1. The van der Waals surface area contributed by atoms with Crippen molar-refractivity contribution in [3.05, 3.63) is 24.0 Å². The summed E-state index contributed by atoms with van der Waals surface area (Å²) in [6.45, 7) is 5.60. The minimum atomic E-state index is 0.0136. The molecule has 3 fully saturated rings. The van der Waals surface area contributed by atoms with E-state index in [9.17, 15) is 9.59 Å². The monoisotopic (exact) mass is 373 g/mol. The number of carbonyl (C=O) groups excluding carboxylic acids is 2. The van der Waals surface area contributed by atoms with Crippen LogP contribution in [-0.2, 0) is 0 Å². The van der Waals surface area contributed by atoms with Crippen molar-refractivity contribution in [2.24, 2.45) is 5.92 Å². The number of fused-ring (bicyclic) bond motifs is 1. The molecule has 0 spiro atoms. The number of nitrogens with one attached hydrogen (secondary N) is 2. The van der Waals surface area contributed by atoms with E-state index in [0.29, 0.717) is 43.8 Å². The number of H-pyrrole nitrogens is 1. The summed E-state index contributed by atoms with van der Waals surface area (Å²) in [5.74, 6) is 0.596. The zero-order valence-corrected chi connectivity index (χ0v) is 16.0. The van der Waals surface area contributed by atoms with Gasteiger partial charge in [0.05, 0.1) is 0 Å². The Morgan fingerprint density at radius 1 is 1.00 bits per heavy atom. The van der Waals surface area contributed by atoms with E-state index in [1.807, 2.05) is 15.9 Å². The van der Waals surface area contributed by atoms with Crippen molar-refractivity contribution in [2.75, 3.05) is 45.8 Å². The van der Waals surface area contributed by atoms with Gasteiger partial charge in [-0.2, -0.15) is 0 Å². The maximum Gasteiger partial charge on any atom is 0.317 e. The summed E-state index contributed by atoms with van der Waals surface area (Å²) in [4.78, 5) is 34.2. The summed E-state index contributed by atoms with van der Waals surface area (Å²) < 4.78 is 0. The zero-order chi connectivity index (χ0) is 18.6. The van der Waals surface area contributed by atoms with E-state index in [4.69, 9.17) is 0 Å². The predicted octanol–water partition coefficient (Wildman–Crippen LogP) is 1.75. The van der Waals surface area contributed by atoms with Crippen molar-refractivity contribution in [1.82, 2.24) is 25.0 Å². The SMILES string of the molecule is O=C(NC[C@@H]1CCCN2CCCC[C@H]12)N1CCN(C(=O)c2ccc[nH]2)CC1. The van der Waals surface area contributed by atoms with Crippen LogP contribution in [0.4, 0.5) is 4.79 Å². The lowest BCUT2D eigenvalue weighted by Gasteiger charge is -2.44. The van der Waals surface area contributed by atoms with E-state index in [-0.39, 0.29) is 11.9 Å². The van der Waals surface area contributed by atoms with Crippen LogP contribution in [0.15, 0.2) is 18.3 Å². The summed E-state index contributed by atoms with van der Waals surface area (Å²) in [5, 5.41) is 3.18. The molecule has 4 heterocycles. The van der Waals surface area contributed by atoms with Gasteiger partial charge in [-0.3, -0.25) is 4.79 Å². The molecule has 0 aromatic carbocycles. The van der Waals surface area contributed by atoms with E-state index in [1.165, 1.54) is 45.2 Å². The van der Waals surface area contributed by atoms with Gasteiger partial charge in [0.25, 0.3) is 5.91 Å². The molecule has 0 radical (unpaired) electrons. The van der Waals surface area contributed by atoms with Crippen LogP contribution >= 0.6 is 0 Å². The fourth-order valence-electron chi connectivity index (χ4n) is 4.89. The Kier molecular flexibility index (Phi) is 5.66. The van der Waals surface area contributed by atoms with Gasteiger partial charge in [-0.15, -0.1) is 0 Å². The quantitative estimate of drug-likeness (QED) is 0.848. The molecule has 0 saturated carbocycles. The van der Waals surface area contributed by atoms with E-state index in [0.717, 1.165) is 6.54 Å². The van der Waals surface area contributed by atoms with Crippen LogP contribution in [0, 0.1) is 5.92 Å². The highest BCUT2D eigenvalue weighted by molar-refractivity contribution is 5.92. The van der Waals surface area contributed by atoms with E-state index < -0.39 is 0 Å². The average Bonchev–Trinajstić information content (AvgIpc) is 3.26. The highest BCUT2D eigenvalue weighted by atomic mass is 16.2. The number of piperidine rings is 2. The summed E-state index contributed by atoms with van der Waals surface area (Å²) >= 11 is 0. The third-order valence-corrected chi connectivity index (χ3v) is 6.43. The Bertz CT molecular complexity index is 637. The molecule has 2 N–H and O–H groups in total. The van der Waals surface area contributed by atoms with E-state index in [1.54, 1.807) is 12.3 Å². The van der Waals surface area contributed by atoms with Crippen LogP contribution in [0.5, 0.6) is 0 Å². The smallest absolute Gasteiger partial charge is 0.317 e. The number of hydrogen-bond acceptors (Lipinski definition) is 3. The normalized spacial score (nSPS) is 26.5. The minimum absolute atomic E-state index is 0.0136. The number of urea groups is 1. The van der Waals surface area contributed by atoms with E-state index >= 15 is 0 Å². The molecule has 2 atom stereocenters. The lowest BCUT2D eigenvalue weighted by Crippen LogP contribution is -2.55. The van der Waals surface area contributed by atoms with Gasteiger partial charge in [-0.25, -0.2) is 4.79 Å². The van der Waals surface area contributed by atoms with Crippen LogP contribution < -0.4 is 5.32 Å². The van der Waals surface area contributed by atoms with Crippen molar-refractivity contribution >= 4 is 11.9 Å². The van der Waals surface area contributed by atoms with Crippen molar-refractivity contribution in [2.45, 2.75) is 38.1 Å². The van der Waals surface area contributed by atoms with Gasteiger partial charge >= 0.3 is 6.03 Å². The van der Waals surface area contributed by atoms with Crippen molar-refractivity contribution < 1.29 is 9.59 Å². The predicted molar refractivity (Wildman–Crippen MR) is 104 cm³/mol. The van der Waals surface area contributed by atoms with Gasteiger partial charge in [-0.1, -0.05) is 6.42 Å². The van der Waals surface area contributed by atoms with Crippen molar-refractivity contribution in [1.29, 1.82) is 0 Å². The Hall–Kier alpha value is -2.02. The second-order valence-electron chi connectivity index (χ2n) is 8.05. The Morgan fingerprint density at radius 3 is 2.56 bits per heavy atom. The Balaban J connectivity index is 1.23. The van der Waals surface area contributed by atoms with Crippen LogP contribution in [0.1, 0.15) is 42.6 Å². The minimum Gasteiger partial charge on any atom is -0.357 e. The molecule has 1 aromatic heterocycles. The van der Waals surface area contributed by atoms with E-state index in [2.05, 4.69) is 15.2 Å². The van der Waals surface area contributed by atoms with Crippen LogP contribution in [-0.4, -0.2) is 83.5 Å². The Labute approximate surface area is 161 Å². The fourth-order valence-corrected chi connectivity index (χ4v) is 4.89. The number of carbonyl (C=O) groups is 2. The summed E-state index contributed by atoms with van der Waals surface area (Å²) in [6, 6.07) is 4.30. The Morgan fingerprint density at radius 2 is 1.78 bits per heavy atom. The number of amides is 3. The maximum absolute atomic E-state index is 12.6. The summed E-state index contributed by atoms with van der Waals surface area (Å²) in [6.07, 6.45) is 8.15. The molecule has 3 saturated heterocycles. The molecule has 4 rings (SSSR count). The third kappa shape index (κ3) is 4.13. The van der Waals surface area contributed by atoms with Crippen LogP contribution in [0.25, 0.3) is 0 Å². The molecule has 27 heavy (non-hydrogen) atoms. The van der Waals surface area contributed by atoms with Crippen molar-refractivity contribution in [3.8, 4) is 0 Å². The number of aromatic nitrogens is 1. The first-order valence-electron chi connectivity index (χ1n) is 10.4. The highest BCUT2D eigenvalue weighted by Gasteiger charge is 2.33. The van der Waals surface area contributed by atoms with Gasteiger partial charge in [0, 0.05) is 45.0 Å². The lowest BCUT2D eigenvalue weighted by molar-refractivity contribution is 0.0578. The van der Waals surface area contributed by atoms with Crippen LogP contribution in [0.3, 0.4) is 0 Å². The van der Waals surface area contributed by atoms with Gasteiger partial charge in [-0.05, 0) is 56.8 Å². The third-order valence-electron chi connectivity index (χ3n) is 6.43. The average molecular weight is 374 g/mol. The van der Waals surface area contributed by atoms with Gasteiger partial charge in [0.2, 0.25) is 0 Å². The number of nitrogens with zero attached hydrogens (tertiary/aromatic N) is 3. The molecule has 148 valence electrons. The molecule has 3 amide bonds. The lowest BCUT2D eigenvalue weighted by atomic mass is 9.83.